The fourth-order valence-electron chi connectivity index (χ4n) is 2.14. The number of hydrogen-bond acceptors (Lipinski definition) is 6. The Morgan fingerprint density at radius 2 is 2.40 bits per heavy atom. The summed E-state index contributed by atoms with van der Waals surface area (Å²) in [5, 5.41) is 14.0. The van der Waals surface area contributed by atoms with Crippen LogP contribution in [0, 0.1) is 10.1 Å². The Bertz CT molecular complexity index is 610. The summed E-state index contributed by atoms with van der Waals surface area (Å²) in [4.78, 5) is 14.3. The molecule has 1 saturated heterocycles. The summed E-state index contributed by atoms with van der Waals surface area (Å²) in [7, 11) is 0. The van der Waals surface area contributed by atoms with Crippen LogP contribution >= 0.6 is 12.4 Å². The summed E-state index contributed by atoms with van der Waals surface area (Å²) in [5.74, 6) is 0. The van der Waals surface area contributed by atoms with Gasteiger partial charge in [0.25, 0.3) is 5.69 Å². The first kappa shape index (κ1) is 14.5. The first-order valence-electron chi connectivity index (χ1n) is 6.13. The molecule has 0 spiro atoms. The van der Waals surface area contributed by atoms with Gasteiger partial charge in [0.05, 0.1) is 4.92 Å². The van der Waals surface area contributed by atoms with Gasteiger partial charge in [0.2, 0.25) is 0 Å². The minimum Gasteiger partial charge on any atom is -0.449 e. The number of nitrogens with one attached hydrogen (secondary N) is 1. The number of rotatable bonds is 4. The predicted molar refractivity (Wildman–Crippen MR) is 74.4 cm³/mol. The van der Waals surface area contributed by atoms with Crippen molar-refractivity contribution in [1.82, 2.24) is 10.3 Å². The van der Waals surface area contributed by atoms with E-state index in [-0.39, 0.29) is 24.2 Å². The molecule has 1 aliphatic heterocycles. The highest BCUT2D eigenvalue weighted by molar-refractivity contribution is 5.85. The standard InChI is InChI=1S/C12H13N3O4.ClH/c16-15(17)9-3-4-11-10(6-9)14-12(19-11)18-7-8-2-1-5-13-8;/h3-4,6,8,13H,1-2,5,7H2;1H. The Morgan fingerprint density at radius 1 is 1.55 bits per heavy atom. The molecule has 1 aromatic carbocycles. The zero-order valence-corrected chi connectivity index (χ0v) is 11.4. The van der Waals surface area contributed by atoms with Crippen molar-refractivity contribution in [2.24, 2.45) is 0 Å². The Kier molecular flexibility index (Phi) is 4.41. The van der Waals surface area contributed by atoms with Crippen LogP contribution in [0.2, 0.25) is 0 Å². The predicted octanol–water partition coefficient (Wildman–Crippen LogP) is 2.29. The largest absolute Gasteiger partial charge is 0.449 e. The van der Waals surface area contributed by atoms with Crippen LogP contribution in [0.1, 0.15) is 12.8 Å². The first-order valence-corrected chi connectivity index (χ1v) is 6.13. The Morgan fingerprint density at radius 3 is 3.10 bits per heavy atom. The number of aromatic nitrogens is 1. The number of nitrogens with zero attached hydrogens (tertiary/aromatic N) is 2. The molecule has 1 atom stereocenters. The lowest BCUT2D eigenvalue weighted by Gasteiger charge is -2.08. The highest BCUT2D eigenvalue weighted by atomic mass is 35.5. The van der Waals surface area contributed by atoms with Crippen LogP contribution in [0.4, 0.5) is 5.69 Å². The molecule has 1 aliphatic rings. The molecule has 1 N–H and O–H groups in total. The molecule has 108 valence electrons. The number of halogens is 1. The van der Waals surface area contributed by atoms with Crippen molar-refractivity contribution in [3.05, 3.63) is 28.3 Å². The van der Waals surface area contributed by atoms with Crippen molar-refractivity contribution in [2.75, 3.05) is 13.2 Å². The molecule has 2 aromatic rings. The third kappa shape index (κ3) is 3.00. The molecular formula is C12H14ClN3O4. The van der Waals surface area contributed by atoms with E-state index < -0.39 is 4.92 Å². The Hall–Kier alpha value is -1.86. The summed E-state index contributed by atoms with van der Waals surface area (Å²) in [6.07, 6.45) is 2.38. The maximum atomic E-state index is 10.7. The third-order valence-electron chi connectivity index (χ3n) is 3.13. The van der Waals surface area contributed by atoms with Crippen LogP contribution in [-0.2, 0) is 0 Å². The normalized spacial score (nSPS) is 17.9. The Balaban J connectivity index is 0.00000147. The summed E-state index contributed by atoms with van der Waals surface area (Å²) < 4.78 is 10.8. The van der Waals surface area contributed by atoms with Crippen LogP contribution < -0.4 is 10.1 Å². The van der Waals surface area contributed by atoms with E-state index in [1.807, 2.05) is 0 Å². The molecule has 7 nitrogen and oxygen atoms in total. The highest BCUT2D eigenvalue weighted by Crippen LogP contribution is 2.24. The monoisotopic (exact) mass is 299 g/mol. The van der Waals surface area contributed by atoms with Crippen molar-refractivity contribution in [3.63, 3.8) is 0 Å². The van der Waals surface area contributed by atoms with Gasteiger partial charge < -0.3 is 14.5 Å². The molecule has 0 bridgehead atoms. The molecule has 2 heterocycles. The molecule has 1 aromatic heterocycles. The van der Waals surface area contributed by atoms with Crippen molar-refractivity contribution in [2.45, 2.75) is 18.9 Å². The number of nitro benzene ring substituents is 1. The van der Waals surface area contributed by atoms with E-state index in [1.54, 1.807) is 0 Å². The van der Waals surface area contributed by atoms with Gasteiger partial charge >= 0.3 is 6.08 Å². The second kappa shape index (κ2) is 6.06. The SMILES string of the molecule is Cl.O=[N+]([O-])c1ccc2oc(OCC3CCCN3)nc2c1. The van der Waals surface area contributed by atoms with Crippen LogP contribution in [0.5, 0.6) is 6.08 Å². The molecule has 1 fully saturated rings. The summed E-state index contributed by atoms with van der Waals surface area (Å²) in [6.45, 7) is 1.50. The maximum absolute atomic E-state index is 10.7. The van der Waals surface area contributed by atoms with Crippen LogP contribution in [0.25, 0.3) is 11.1 Å². The van der Waals surface area contributed by atoms with Crippen LogP contribution in [0.3, 0.4) is 0 Å². The van der Waals surface area contributed by atoms with Gasteiger partial charge in [-0.05, 0) is 25.5 Å². The lowest BCUT2D eigenvalue weighted by atomic mass is 10.2. The Labute approximate surface area is 120 Å². The number of fused-ring (bicyclic) bond motifs is 1. The van der Waals surface area contributed by atoms with Crippen molar-refractivity contribution >= 4 is 29.2 Å². The molecule has 0 radical (unpaired) electrons. The number of oxazole rings is 1. The topological polar surface area (TPSA) is 90.4 Å². The summed E-state index contributed by atoms with van der Waals surface area (Å²) in [6, 6.07) is 4.61. The van der Waals surface area contributed by atoms with E-state index in [9.17, 15) is 10.1 Å². The van der Waals surface area contributed by atoms with E-state index >= 15 is 0 Å². The fourth-order valence-corrected chi connectivity index (χ4v) is 2.14. The van der Waals surface area contributed by atoms with Crippen LogP contribution in [0.15, 0.2) is 22.6 Å². The van der Waals surface area contributed by atoms with Gasteiger partial charge in [-0.15, -0.1) is 12.4 Å². The maximum Gasteiger partial charge on any atom is 0.394 e. The number of benzene rings is 1. The zero-order chi connectivity index (χ0) is 13.2. The number of ether oxygens (including phenoxy) is 1. The van der Waals surface area contributed by atoms with Gasteiger partial charge in [-0.2, -0.15) is 4.98 Å². The number of hydrogen-bond donors (Lipinski definition) is 1. The van der Waals surface area contributed by atoms with Gasteiger partial charge in [-0.3, -0.25) is 10.1 Å². The van der Waals surface area contributed by atoms with Crippen molar-refractivity contribution in [1.29, 1.82) is 0 Å². The van der Waals surface area contributed by atoms with Gasteiger partial charge in [0.15, 0.2) is 5.58 Å². The van der Waals surface area contributed by atoms with E-state index in [2.05, 4.69) is 10.3 Å². The zero-order valence-electron chi connectivity index (χ0n) is 10.6. The highest BCUT2D eigenvalue weighted by Gasteiger charge is 2.17. The molecular weight excluding hydrogens is 286 g/mol. The number of nitro groups is 1. The van der Waals surface area contributed by atoms with E-state index in [4.69, 9.17) is 9.15 Å². The fraction of sp³-hybridized carbons (Fsp3) is 0.417. The van der Waals surface area contributed by atoms with Gasteiger partial charge in [-0.1, -0.05) is 0 Å². The minimum absolute atomic E-state index is 0. The lowest BCUT2D eigenvalue weighted by Crippen LogP contribution is -2.28. The third-order valence-corrected chi connectivity index (χ3v) is 3.13. The molecule has 0 aliphatic carbocycles. The molecule has 20 heavy (non-hydrogen) atoms. The molecule has 0 amide bonds. The van der Waals surface area contributed by atoms with Gasteiger partial charge in [0, 0.05) is 18.2 Å². The van der Waals surface area contributed by atoms with Gasteiger partial charge in [-0.25, -0.2) is 0 Å². The second-order valence-electron chi connectivity index (χ2n) is 4.49. The second-order valence-corrected chi connectivity index (χ2v) is 4.49. The number of non-ortho nitro benzene ring substituents is 1. The smallest absolute Gasteiger partial charge is 0.394 e. The van der Waals surface area contributed by atoms with E-state index in [1.165, 1.54) is 18.2 Å². The first-order chi connectivity index (χ1) is 9.22. The van der Waals surface area contributed by atoms with Crippen molar-refractivity contribution in [3.8, 4) is 6.08 Å². The minimum atomic E-state index is -0.461. The molecule has 8 heteroatoms. The molecule has 0 saturated carbocycles. The lowest BCUT2D eigenvalue weighted by molar-refractivity contribution is -0.384. The quantitative estimate of drug-likeness (QED) is 0.688. The summed E-state index contributed by atoms with van der Waals surface area (Å²) >= 11 is 0. The average Bonchev–Trinajstić information content (AvgIpc) is 3.04. The summed E-state index contributed by atoms with van der Waals surface area (Å²) in [5.41, 5.74) is 0.911. The van der Waals surface area contributed by atoms with E-state index in [0.717, 1.165) is 19.4 Å². The van der Waals surface area contributed by atoms with E-state index in [0.29, 0.717) is 23.7 Å². The molecule has 1 unspecified atom stereocenters. The molecule has 3 rings (SSSR count). The average molecular weight is 300 g/mol. The van der Waals surface area contributed by atoms with Crippen LogP contribution in [-0.4, -0.2) is 29.1 Å². The van der Waals surface area contributed by atoms with Gasteiger partial charge in [0.1, 0.15) is 12.1 Å². The van der Waals surface area contributed by atoms with Crippen molar-refractivity contribution < 1.29 is 14.1 Å².